The summed E-state index contributed by atoms with van der Waals surface area (Å²) in [6, 6.07) is 7.98. The summed E-state index contributed by atoms with van der Waals surface area (Å²) in [5.41, 5.74) is 7.17. The van der Waals surface area contributed by atoms with E-state index in [2.05, 4.69) is 50.8 Å². The number of halogens is 1. The molecule has 26 heavy (non-hydrogen) atoms. The molecule has 0 radical (unpaired) electrons. The van der Waals surface area contributed by atoms with Crippen molar-refractivity contribution in [1.82, 2.24) is 21.0 Å². The number of hydrogen-bond donors (Lipinski definition) is 3. The van der Waals surface area contributed by atoms with E-state index in [-0.39, 0.29) is 11.3 Å². The monoisotopic (exact) mass is 438 g/mol. The van der Waals surface area contributed by atoms with Gasteiger partial charge in [0.1, 0.15) is 0 Å². The number of amides is 1. The Kier molecular flexibility index (Phi) is 7.32. The molecule has 7 heteroatoms. The summed E-state index contributed by atoms with van der Waals surface area (Å²) in [6.45, 7) is 6.43. The van der Waals surface area contributed by atoms with Crippen LogP contribution in [0.1, 0.15) is 38.3 Å². The van der Waals surface area contributed by atoms with Gasteiger partial charge in [-0.05, 0) is 42.4 Å². The van der Waals surface area contributed by atoms with Crippen molar-refractivity contribution in [3.63, 3.8) is 0 Å². The van der Waals surface area contributed by atoms with E-state index in [1.165, 1.54) is 5.56 Å². The number of carbonyl (C=O) groups is 1. The molecule has 1 aromatic heterocycles. The molecule has 0 aliphatic heterocycles. The van der Waals surface area contributed by atoms with Crippen LogP contribution in [-0.2, 0) is 15.6 Å². The first-order valence-electron chi connectivity index (χ1n) is 8.60. The molecular formula is C19H27BrN4OS. The Morgan fingerprint density at radius 3 is 2.69 bits per heavy atom. The Labute approximate surface area is 168 Å². The quantitative estimate of drug-likeness (QED) is 0.411. The van der Waals surface area contributed by atoms with Crippen molar-refractivity contribution in [2.45, 2.75) is 38.0 Å². The molecule has 5 nitrogen and oxygen atoms in total. The number of nitrogens with zero attached hydrogens (tertiary/aromatic N) is 1. The van der Waals surface area contributed by atoms with Crippen LogP contribution in [0.25, 0.3) is 0 Å². The molecule has 1 atom stereocenters. The maximum Gasteiger partial charge on any atom is 0.244 e. The molecule has 0 aliphatic rings. The second-order valence-corrected chi connectivity index (χ2v) is 9.24. The molecule has 142 valence electrons. The first kappa shape index (κ1) is 21.0. The Morgan fingerprint density at radius 1 is 1.31 bits per heavy atom. The average Bonchev–Trinajstić information content (AvgIpc) is 3.14. The van der Waals surface area contributed by atoms with Crippen molar-refractivity contribution < 1.29 is 4.79 Å². The van der Waals surface area contributed by atoms with Crippen LogP contribution in [0.15, 0.2) is 41.1 Å². The van der Waals surface area contributed by atoms with Gasteiger partial charge in [-0.25, -0.2) is 5.43 Å². The van der Waals surface area contributed by atoms with Crippen LogP contribution in [0.3, 0.4) is 0 Å². The van der Waals surface area contributed by atoms with Crippen molar-refractivity contribution in [3.8, 4) is 0 Å². The van der Waals surface area contributed by atoms with Crippen molar-refractivity contribution in [2.24, 2.45) is 0 Å². The van der Waals surface area contributed by atoms with E-state index < -0.39 is 5.41 Å². The Bertz CT molecular complexity index is 720. The van der Waals surface area contributed by atoms with Crippen molar-refractivity contribution >= 4 is 33.6 Å². The number of aromatic nitrogens is 2. The van der Waals surface area contributed by atoms with E-state index >= 15 is 0 Å². The highest BCUT2D eigenvalue weighted by Gasteiger charge is 2.35. The van der Waals surface area contributed by atoms with E-state index in [1.54, 1.807) is 7.05 Å². The predicted octanol–water partition coefficient (Wildman–Crippen LogP) is 3.78. The van der Waals surface area contributed by atoms with E-state index in [0.29, 0.717) is 0 Å². The second kappa shape index (κ2) is 9.06. The number of hydrogen-bond acceptors (Lipinski definition) is 4. The summed E-state index contributed by atoms with van der Waals surface area (Å²) < 4.78 is 0.979. The van der Waals surface area contributed by atoms with Crippen LogP contribution in [0.5, 0.6) is 0 Å². The lowest BCUT2D eigenvalue weighted by Crippen LogP contribution is -2.47. The van der Waals surface area contributed by atoms with Crippen LogP contribution in [0.4, 0.5) is 0 Å². The molecule has 1 heterocycles. The highest BCUT2D eigenvalue weighted by atomic mass is 79.9. The molecule has 0 spiro atoms. The average molecular weight is 439 g/mol. The molecule has 1 aromatic carbocycles. The van der Waals surface area contributed by atoms with Crippen molar-refractivity contribution in [1.29, 1.82) is 0 Å². The third-order valence-electron chi connectivity index (χ3n) is 4.69. The third-order valence-corrected chi connectivity index (χ3v) is 6.60. The smallest absolute Gasteiger partial charge is 0.244 e. The summed E-state index contributed by atoms with van der Waals surface area (Å²) >= 11 is 5.38. The molecule has 2 aromatic rings. The Hall–Kier alpha value is -1.31. The number of H-pyrrole nitrogens is 1. The van der Waals surface area contributed by atoms with Gasteiger partial charge in [-0.3, -0.25) is 15.3 Å². The van der Waals surface area contributed by atoms with Crippen LogP contribution in [0.2, 0.25) is 0 Å². The SMILES string of the molecule is CNNC(=O)C(C)(CCSCC(C)(C)c1cn[nH]c1)c1cccc(Br)c1. The number of thioether (sulfide) groups is 1. The molecule has 3 N–H and O–H groups in total. The molecule has 1 amide bonds. The zero-order valence-electron chi connectivity index (χ0n) is 15.7. The zero-order chi connectivity index (χ0) is 19.2. The minimum Gasteiger partial charge on any atom is -0.291 e. The summed E-state index contributed by atoms with van der Waals surface area (Å²) in [5, 5.41) is 6.93. The predicted molar refractivity (Wildman–Crippen MR) is 112 cm³/mol. The van der Waals surface area contributed by atoms with E-state index in [0.717, 1.165) is 28.0 Å². The second-order valence-electron chi connectivity index (χ2n) is 7.22. The van der Waals surface area contributed by atoms with E-state index in [9.17, 15) is 4.79 Å². The highest BCUT2D eigenvalue weighted by molar-refractivity contribution is 9.10. The van der Waals surface area contributed by atoms with Gasteiger partial charge in [-0.2, -0.15) is 16.9 Å². The van der Waals surface area contributed by atoms with Crippen LogP contribution in [0, 0.1) is 0 Å². The van der Waals surface area contributed by atoms with E-state index in [1.807, 2.05) is 55.3 Å². The topological polar surface area (TPSA) is 69.8 Å². The number of hydrazine groups is 1. The van der Waals surface area contributed by atoms with Crippen molar-refractivity contribution in [3.05, 3.63) is 52.3 Å². The van der Waals surface area contributed by atoms with Gasteiger partial charge in [0.05, 0.1) is 11.6 Å². The standard InChI is InChI=1S/C19H27BrN4OS/c1-18(2,15-11-22-23-12-15)13-26-9-8-19(3,17(25)24-21-4)14-6-5-7-16(20)10-14/h5-7,10-12,21H,8-9,13H2,1-4H3,(H,22,23)(H,24,25). The molecule has 0 saturated carbocycles. The fourth-order valence-electron chi connectivity index (χ4n) is 2.78. The van der Waals surface area contributed by atoms with Gasteiger partial charge in [-0.15, -0.1) is 0 Å². The molecule has 0 aliphatic carbocycles. The lowest BCUT2D eigenvalue weighted by Gasteiger charge is -2.30. The number of aromatic amines is 1. The summed E-state index contributed by atoms with van der Waals surface area (Å²) in [4.78, 5) is 12.7. The van der Waals surface area contributed by atoms with Gasteiger partial charge in [0, 0.05) is 28.9 Å². The van der Waals surface area contributed by atoms with Crippen LogP contribution >= 0.6 is 27.7 Å². The van der Waals surface area contributed by atoms with Gasteiger partial charge in [-0.1, -0.05) is 41.9 Å². The Morgan fingerprint density at radius 2 is 2.08 bits per heavy atom. The minimum absolute atomic E-state index is 0.0206. The molecular weight excluding hydrogens is 412 g/mol. The number of nitrogens with one attached hydrogen (secondary N) is 3. The number of benzene rings is 1. The largest absolute Gasteiger partial charge is 0.291 e. The molecule has 2 rings (SSSR count). The van der Waals surface area contributed by atoms with Gasteiger partial charge in [0.15, 0.2) is 0 Å². The van der Waals surface area contributed by atoms with Crippen LogP contribution in [-0.4, -0.2) is 34.7 Å². The lowest BCUT2D eigenvalue weighted by atomic mass is 9.79. The molecule has 1 unspecified atom stereocenters. The van der Waals surface area contributed by atoms with Gasteiger partial charge < -0.3 is 0 Å². The minimum atomic E-state index is -0.598. The number of rotatable bonds is 9. The van der Waals surface area contributed by atoms with Crippen molar-refractivity contribution in [2.75, 3.05) is 18.6 Å². The molecule has 0 bridgehead atoms. The summed E-state index contributed by atoms with van der Waals surface area (Å²) in [7, 11) is 1.71. The maximum absolute atomic E-state index is 12.7. The summed E-state index contributed by atoms with van der Waals surface area (Å²) in [5.74, 6) is 1.84. The fraction of sp³-hybridized carbons (Fsp3) is 0.474. The van der Waals surface area contributed by atoms with E-state index in [4.69, 9.17) is 0 Å². The fourth-order valence-corrected chi connectivity index (χ4v) is 4.55. The first-order chi connectivity index (χ1) is 12.3. The zero-order valence-corrected chi connectivity index (χ0v) is 18.1. The Balaban J connectivity index is 2.04. The lowest BCUT2D eigenvalue weighted by molar-refractivity contribution is -0.127. The molecule has 0 saturated heterocycles. The first-order valence-corrected chi connectivity index (χ1v) is 10.5. The van der Waals surface area contributed by atoms with Gasteiger partial charge in [0.2, 0.25) is 5.91 Å². The maximum atomic E-state index is 12.7. The normalized spacial score (nSPS) is 14.0. The van der Waals surface area contributed by atoms with Gasteiger partial charge >= 0.3 is 0 Å². The number of carbonyl (C=O) groups excluding carboxylic acids is 1. The highest BCUT2D eigenvalue weighted by Crippen LogP contribution is 2.33. The van der Waals surface area contributed by atoms with Crippen LogP contribution < -0.4 is 10.9 Å². The summed E-state index contributed by atoms with van der Waals surface area (Å²) in [6.07, 6.45) is 4.59. The van der Waals surface area contributed by atoms with Gasteiger partial charge in [0.25, 0.3) is 0 Å². The molecule has 0 fully saturated rings. The third kappa shape index (κ3) is 5.11.